The lowest BCUT2D eigenvalue weighted by atomic mass is 10.2. The Balaban J connectivity index is 2.35. The lowest BCUT2D eigenvalue weighted by molar-refractivity contribution is 0.0774. The Morgan fingerprint density at radius 1 is 1.64 bits per heavy atom. The van der Waals surface area contributed by atoms with Crippen molar-refractivity contribution in [2.45, 2.75) is 19.9 Å². The molecule has 0 saturated carbocycles. The average molecular weight is 211 g/mol. The molecule has 0 bridgehead atoms. The van der Waals surface area contributed by atoms with Crippen molar-refractivity contribution in [1.82, 2.24) is 9.88 Å². The summed E-state index contributed by atoms with van der Waals surface area (Å²) in [5.41, 5.74) is 1.39. The van der Waals surface area contributed by atoms with Gasteiger partial charge in [0.2, 0.25) is 0 Å². The van der Waals surface area contributed by atoms with Gasteiger partial charge in [0.25, 0.3) is 5.91 Å². The number of carbonyl (C=O) groups excluding carboxylic acids is 1. The molecule has 1 aliphatic rings. The van der Waals surface area contributed by atoms with E-state index in [9.17, 15) is 4.79 Å². The van der Waals surface area contributed by atoms with Crippen molar-refractivity contribution in [2.24, 2.45) is 0 Å². The fourth-order valence-corrected chi connectivity index (χ4v) is 1.87. The van der Waals surface area contributed by atoms with Gasteiger partial charge >= 0.3 is 0 Å². The first-order valence-electron chi connectivity index (χ1n) is 4.66. The largest absolute Gasteiger partial charge is 0.333 e. The van der Waals surface area contributed by atoms with Gasteiger partial charge < -0.3 is 4.90 Å². The number of aromatic nitrogens is 1. The van der Waals surface area contributed by atoms with Crippen molar-refractivity contribution in [1.29, 1.82) is 0 Å². The third-order valence-electron chi connectivity index (χ3n) is 2.33. The van der Waals surface area contributed by atoms with Crippen LogP contribution in [0.25, 0.3) is 0 Å². The molecule has 0 unspecified atom stereocenters. The minimum Gasteiger partial charge on any atom is -0.333 e. The number of hydrogen-bond acceptors (Lipinski definition) is 2. The molecule has 14 heavy (non-hydrogen) atoms. The number of halogens is 1. The van der Waals surface area contributed by atoms with Crippen LogP contribution in [0.4, 0.5) is 0 Å². The second-order valence-corrected chi connectivity index (χ2v) is 3.75. The zero-order valence-corrected chi connectivity index (χ0v) is 8.71. The number of pyridine rings is 1. The van der Waals surface area contributed by atoms with E-state index >= 15 is 0 Å². The van der Waals surface area contributed by atoms with Gasteiger partial charge in [-0.3, -0.25) is 9.78 Å². The number of nitrogens with zero attached hydrogens (tertiary/aromatic N) is 2. The molecule has 3 nitrogen and oxygen atoms in total. The van der Waals surface area contributed by atoms with E-state index < -0.39 is 0 Å². The molecule has 0 N–H and O–H groups in total. The van der Waals surface area contributed by atoms with Crippen LogP contribution in [-0.2, 0) is 6.54 Å². The van der Waals surface area contributed by atoms with Crippen LogP contribution in [-0.4, -0.2) is 22.3 Å². The van der Waals surface area contributed by atoms with Gasteiger partial charge in [-0.1, -0.05) is 18.5 Å². The van der Waals surface area contributed by atoms with E-state index in [-0.39, 0.29) is 5.91 Å². The lowest BCUT2D eigenvalue weighted by Crippen LogP contribution is -2.24. The van der Waals surface area contributed by atoms with Gasteiger partial charge in [0.05, 0.1) is 0 Å². The third-order valence-corrected chi connectivity index (χ3v) is 2.69. The van der Waals surface area contributed by atoms with Crippen molar-refractivity contribution in [3.63, 3.8) is 0 Å². The molecule has 1 aromatic rings. The standard InChI is InChI=1S/C10H11ClN2O/c1-2-5-13-6-7-8(11)3-4-12-9(7)10(13)14/h3-4H,2,5-6H2,1H3. The van der Waals surface area contributed by atoms with Gasteiger partial charge in [0, 0.05) is 29.9 Å². The average Bonchev–Trinajstić information content (AvgIpc) is 2.48. The number of amides is 1. The van der Waals surface area contributed by atoms with E-state index in [4.69, 9.17) is 11.6 Å². The SMILES string of the molecule is CCCN1Cc2c(Cl)ccnc2C1=O. The van der Waals surface area contributed by atoms with E-state index in [0.717, 1.165) is 18.5 Å². The first-order chi connectivity index (χ1) is 6.74. The third kappa shape index (κ3) is 1.38. The molecule has 4 heteroatoms. The topological polar surface area (TPSA) is 33.2 Å². The van der Waals surface area contributed by atoms with Gasteiger partial charge in [-0.2, -0.15) is 0 Å². The summed E-state index contributed by atoms with van der Waals surface area (Å²) >= 11 is 5.98. The summed E-state index contributed by atoms with van der Waals surface area (Å²) in [6, 6.07) is 1.73. The zero-order chi connectivity index (χ0) is 10.1. The van der Waals surface area contributed by atoms with Crippen molar-refractivity contribution in [3.8, 4) is 0 Å². The molecule has 0 aliphatic carbocycles. The molecule has 2 heterocycles. The van der Waals surface area contributed by atoms with Crippen LogP contribution in [0.2, 0.25) is 5.02 Å². The summed E-state index contributed by atoms with van der Waals surface area (Å²) in [6.07, 6.45) is 2.53. The Hall–Kier alpha value is -1.09. The number of rotatable bonds is 2. The molecule has 74 valence electrons. The monoisotopic (exact) mass is 210 g/mol. The predicted octanol–water partition coefficient (Wildman–Crippen LogP) is 2.10. The van der Waals surface area contributed by atoms with Crippen LogP contribution in [0.5, 0.6) is 0 Å². The number of hydrogen-bond donors (Lipinski definition) is 0. The smallest absolute Gasteiger partial charge is 0.273 e. The maximum atomic E-state index is 11.7. The molecule has 1 aromatic heterocycles. The van der Waals surface area contributed by atoms with Gasteiger partial charge in [0.1, 0.15) is 5.69 Å². The molecule has 0 spiro atoms. The first-order valence-corrected chi connectivity index (χ1v) is 5.04. The summed E-state index contributed by atoms with van der Waals surface area (Å²) in [4.78, 5) is 17.6. The molecule has 1 amide bonds. The fraction of sp³-hybridized carbons (Fsp3) is 0.400. The fourth-order valence-electron chi connectivity index (χ4n) is 1.67. The summed E-state index contributed by atoms with van der Waals surface area (Å²) in [5.74, 6) is 0.00403. The van der Waals surface area contributed by atoms with E-state index in [1.54, 1.807) is 17.2 Å². The van der Waals surface area contributed by atoms with Crippen LogP contribution in [0.3, 0.4) is 0 Å². The summed E-state index contributed by atoms with van der Waals surface area (Å²) in [7, 11) is 0. The van der Waals surface area contributed by atoms with Crippen molar-refractivity contribution >= 4 is 17.5 Å². The van der Waals surface area contributed by atoms with Gasteiger partial charge in [0.15, 0.2) is 0 Å². The molecular formula is C10H11ClN2O. The molecule has 0 aromatic carbocycles. The van der Waals surface area contributed by atoms with E-state index in [0.29, 0.717) is 17.3 Å². The summed E-state index contributed by atoms with van der Waals surface area (Å²) in [6.45, 7) is 3.42. The van der Waals surface area contributed by atoms with Crippen LogP contribution < -0.4 is 0 Å². The highest BCUT2D eigenvalue weighted by atomic mass is 35.5. The Labute approximate surface area is 87.7 Å². The Morgan fingerprint density at radius 2 is 2.43 bits per heavy atom. The van der Waals surface area contributed by atoms with Crippen LogP contribution in [0.15, 0.2) is 12.3 Å². The molecule has 0 saturated heterocycles. The molecule has 1 aliphatic heterocycles. The highest BCUT2D eigenvalue weighted by Crippen LogP contribution is 2.27. The highest BCUT2D eigenvalue weighted by molar-refractivity contribution is 6.32. The van der Waals surface area contributed by atoms with Gasteiger partial charge in [-0.05, 0) is 12.5 Å². The second kappa shape index (κ2) is 3.58. The quantitative estimate of drug-likeness (QED) is 0.749. The molecule has 2 rings (SSSR count). The van der Waals surface area contributed by atoms with Gasteiger partial charge in [-0.25, -0.2) is 0 Å². The van der Waals surface area contributed by atoms with Crippen molar-refractivity contribution in [2.75, 3.05) is 6.54 Å². The van der Waals surface area contributed by atoms with Crippen LogP contribution in [0, 0.1) is 0 Å². The van der Waals surface area contributed by atoms with E-state index in [2.05, 4.69) is 4.98 Å². The second-order valence-electron chi connectivity index (χ2n) is 3.35. The summed E-state index contributed by atoms with van der Waals surface area (Å²) < 4.78 is 0. The van der Waals surface area contributed by atoms with E-state index in [1.165, 1.54) is 0 Å². The van der Waals surface area contributed by atoms with Crippen LogP contribution >= 0.6 is 11.6 Å². The van der Waals surface area contributed by atoms with Gasteiger partial charge in [-0.15, -0.1) is 0 Å². The van der Waals surface area contributed by atoms with Crippen molar-refractivity contribution < 1.29 is 4.79 Å². The van der Waals surface area contributed by atoms with Crippen LogP contribution in [0.1, 0.15) is 29.4 Å². The Kier molecular flexibility index (Phi) is 2.42. The van der Waals surface area contributed by atoms with Crippen molar-refractivity contribution in [3.05, 3.63) is 28.5 Å². The lowest BCUT2D eigenvalue weighted by Gasteiger charge is -2.12. The predicted molar refractivity (Wildman–Crippen MR) is 54.3 cm³/mol. The molecular weight excluding hydrogens is 200 g/mol. The molecule has 0 atom stereocenters. The normalized spacial score (nSPS) is 14.7. The maximum Gasteiger partial charge on any atom is 0.273 e. The maximum absolute atomic E-state index is 11.7. The first kappa shape index (κ1) is 9.46. The Morgan fingerprint density at radius 3 is 3.07 bits per heavy atom. The minimum atomic E-state index is 0.00403. The zero-order valence-electron chi connectivity index (χ0n) is 7.96. The molecule has 0 fully saturated rings. The Bertz CT molecular complexity index is 378. The molecule has 0 radical (unpaired) electrons. The highest BCUT2D eigenvalue weighted by Gasteiger charge is 2.29. The number of fused-ring (bicyclic) bond motifs is 1. The minimum absolute atomic E-state index is 0.00403. The van der Waals surface area contributed by atoms with E-state index in [1.807, 2.05) is 6.92 Å². The summed E-state index contributed by atoms with van der Waals surface area (Å²) in [5, 5.41) is 0.641. The number of carbonyl (C=O) groups is 1.